The van der Waals surface area contributed by atoms with Crippen LogP contribution in [0.1, 0.15) is 0 Å². The van der Waals surface area contributed by atoms with Crippen molar-refractivity contribution in [2.75, 3.05) is 0 Å². The monoisotopic (exact) mass is 499 g/mol. The molecule has 0 aliphatic carbocycles. The summed E-state index contributed by atoms with van der Waals surface area (Å²) in [6, 6.07) is 42.4. The summed E-state index contributed by atoms with van der Waals surface area (Å²) < 4.78 is 8.35. The molecule has 39 heavy (non-hydrogen) atoms. The second-order valence-electron chi connectivity index (χ2n) is 10.1. The van der Waals surface area contributed by atoms with Crippen molar-refractivity contribution in [1.29, 1.82) is 0 Å². The zero-order chi connectivity index (χ0) is 25.5. The van der Waals surface area contributed by atoms with Crippen LogP contribution in [0.25, 0.3) is 82.6 Å². The van der Waals surface area contributed by atoms with E-state index in [2.05, 4.69) is 113 Å². The average Bonchev–Trinajstić information content (AvgIpc) is 3.66. The summed E-state index contributed by atoms with van der Waals surface area (Å²) in [5.74, 6) is 0.898. The highest BCUT2D eigenvalue weighted by Gasteiger charge is 2.18. The Bertz CT molecular complexity index is 2400. The highest BCUT2D eigenvalue weighted by molar-refractivity contribution is 6.28. The SMILES string of the molecule is c1cc(-c2ccc3oc4ccccc4c3c2)nc(-n2c3ccccc3c3c4c(ccc32)[nH]c2ccccc24)c1. The van der Waals surface area contributed by atoms with E-state index in [4.69, 9.17) is 9.40 Å². The predicted molar refractivity (Wildman–Crippen MR) is 161 cm³/mol. The number of para-hydroxylation sites is 3. The minimum atomic E-state index is 0.890. The molecule has 4 nitrogen and oxygen atoms in total. The maximum absolute atomic E-state index is 6.05. The van der Waals surface area contributed by atoms with E-state index in [1.165, 1.54) is 21.5 Å². The summed E-state index contributed by atoms with van der Waals surface area (Å²) in [6.45, 7) is 0. The molecule has 0 saturated carbocycles. The summed E-state index contributed by atoms with van der Waals surface area (Å²) in [5, 5.41) is 7.19. The van der Waals surface area contributed by atoms with Crippen molar-refractivity contribution >= 4 is 65.6 Å². The van der Waals surface area contributed by atoms with E-state index >= 15 is 0 Å². The summed E-state index contributed by atoms with van der Waals surface area (Å²) >= 11 is 0. The van der Waals surface area contributed by atoms with Gasteiger partial charge in [-0.05, 0) is 60.7 Å². The molecule has 0 spiro atoms. The lowest BCUT2D eigenvalue weighted by molar-refractivity contribution is 0.669. The standard InChI is InChI=1S/C35H21N3O/c1-4-11-27-23(9-1)34-28(36-27)17-18-30-35(34)24-10-2-5-13-29(24)38(30)33-15-7-12-26(37-33)21-16-19-32-25(20-21)22-8-3-6-14-31(22)39-32/h1-20,36H. The lowest BCUT2D eigenvalue weighted by Gasteiger charge is -2.09. The lowest BCUT2D eigenvalue weighted by Crippen LogP contribution is -1.98. The van der Waals surface area contributed by atoms with Crippen molar-refractivity contribution in [3.8, 4) is 17.1 Å². The number of nitrogens with zero attached hydrogens (tertiary/aromatic N) is 2. The average molecular weight is 500 g/mol. The third kappa shape index (κ3) is 2.85. The normalized spacial score (nSPS) is 12.1. The third-order valence-electron chi connectivity index (χ3n) is 7.94. The Labute approximate surface area is 222 Å². The van der Waals surface area contributed by atoms with Gasteiger partial charge in [0.15, 0.2) is 0 Å². The Kier molecular flexibility index (Phi) is 4.02. The number of aromatic amines is 1. The number of nitrogens with one attached hydrogen (secondary N) is 1. The number of benzene rings is 5. The molecule has 182 valence electrons. The number of hydrogen-bond donors (Lipinski definition) is 1. The van der Waals surface area contributed by atoms with Gasteiger partial charge in [-0.2, -0.15) is 0 Å². The van der Waals surface area contributed by atoms with E-state index < -0.39 is 0 Å². The molecule has 0 unspecified atom stereocenters. The first-order chi connectivity index (χ1) is 19.3. The molecule has 0 aliphatic heterocycles. The number of rotatable bonds is 2. The maximum Gasteiger partial charge on any atom is 0.138 e. The molecule has 0 aliphatic rings. The molecule has 0 amide bonds. The van der Waals surface area contributed by atoms with Crippen LogP contribution in [0, 0.1) is 0 Å². The van der Waals surface area contributed by atoms with Crippen molar-refractivity contribution in [2.24, 2.45) is 0 Å². The van der Waals surface area contributed by atoms with E-state index in [9.17, 15) is 0 Å². The molecular formula is C35H21N3O. The molecule has 1 N–H and O–H groups in total. The van der Waals surface area contributed by atoms with E-state index in [0.717, 1.165) is 61.1 Å². The van der Waals surface area contributed by atoms with Gasteiger partial charge in [-0.25, -0.2) is 4.98 Å². The first-order valence-electron chi connectivity index (χ1n) is 13.2. The molecular weight excluding hydrogens is 478 g/mol. The third-order valence-corrected chi connectivity index (χ3v) is 7.94. The Hall–Kier alpha value is -5.35. The van der Waals surface area contributed by atoms with Crippen LogP contribution in [0.5, 0.6) is 0 Å². The second kappa shape index (κ2) is 7.59. The molecule has 5 aromatic carbocycles. The molecule has 0 saturated heterocycles. The van der Waals surface area contributed by atoms with Crippen molar-refractivity contribution < 1.29 is 4.42 Å². The highest BCUT2D eigenvalue weighted by Crippen LogP contribution is 2.40. The van der Waals surface area contributed by atoms with E-state index in [1.807, 2.05) is 18.2 Å². The summed E-state index contributed by atoms with van der Waals surface area (Å²) in [6.07, 6.45) is 0. The van der Waals surface area contributed by atoms with Gasteiger partial charge in [0.2, 0.25) is 0 Å². The van der Waals surface area contributed by atoms with Crippen LogP contribution in [-0.4, -0.2) is 14.5 Å². The maximum atomic E-state index is 6.05. The van der Waals surface area contributed by atoms with Gasteiger partial charge in [-0.3, -0.25) is 4.57 Å². The Balaban J connectivity index is 1.31. The quantitative estimate of drug-likeness (QED) is 0.257. The molecule has 0 bridgehead atoms. The smallest absolute Gasteiger partial charge is 0.138 e. The van der Waals surface area contributed by atoms with E-state index in [1.54, 1.807) is 0 Å². The molecule has 0 fully saturated rings. The fourth-order valence-electron chi connectivity index (χ4n) is 6.24. The Morgan fingerprint density at radius 2 is 1.33 bits per heavy atom. The highest BCUT2D eigenvalue weighted by atomic mass is 16.3. The number of aromatic nitrogens is 3. The van der Waals surface area contributed by atoms with Gasteiger partial charge in [0.1, 0.15) is 17.0 Å². The molecule has 4 heteroatoms. The molecule has 0 radical (unpaired) electrons. The molecule has 0 atom stereocenters. The Morgan fingerprint density at radius 1 is 0.538 bits per heavy atom. The summed E-state index contributed by atoms with van der Waals surface area (Å²) in [7, 11) is 0. The van der Waals surface area contributed by atoms with E-state index in [-0.39, 0.29) is 0 Å². The van der Waals surface area contributed by atoms with Gasteiger partial charge in [0.25, 0.3) is 0 Å². The number of fused-ring (bicyclic) bond motifs is 10. The lowest BCUT2D eigenvalue weighted by atomic mass is 10.1. The van der Waals surface area contributed by atoms with Crippen LogP contribution in [0.15, 0.2) is 126 Å². The van der Waals surface area contributed by atoms with Crippen LogP contribution >= 0.6 is 0 Å². The second-order valence-corrected chi connectivity index (χ2v) is 10.1. The van der Waals surface area contributed by atoms with Crippen molar-refractivity contribution in [3.05, 3.63) is 121 Å². The first-order valence-corrected chi connectivity index (χ1v) is 13.2. The van der Waals surface area contributed by atoms with Gasteiger partial charge in [0.05, 0.1) is 16.7 Å². The van der Waals surface area contributed by atoms with Gasteiger partial charge in [-0.1, -0.05) is 60.7 Å². The van der Waals surface area contributed by atoms with Gasteiger partial charge >= 0.3 is 0 Å². The summed E-state index contributed by atoms with van der Waals surface area (Å²) in [4.78, 5) is 8.82. The van der Waals surface area contributed by atoms with Crippen LogP contribution in [0.3, 0.4) is 0 Å². The fourth-order valence-corrected chi connectivity index (χ4v) is 6.24. The molecule has 4 aromatic heterocycles. The van der Waals surface area contributed by atoms with Gasteiger partial charge in [-0.15, -0.1) is 0 Å². The number of furan rings is 1. The number of pyridine rings is 1. The van der Waals surface area contributed by atoms with Crippen molar-refractivity contribution in [1.82, 2.24) is 14.5 Å². The van der Waals surface area contributed by atoms with Crippen molar-refractivity contribution in [3.63, 3.8) is 0 Å². The summed E-state index contributed by atoms with van der Waals surface area (Å²) in [5.41, 5.74) is 8.38. The zero-order valence-corrected chi connectivity index (χ0v) is 20.8. The van der Waals surface area contributed by atoms with Crippen LogP contribution < -0.4 is 0 Å². The molecule has 4 heterocycles. The van der Waals surface area contributed by atoms with E-state index in [0.29, 0.717) is 0 Å². The molecule has 9 rings (SSSR count). The van der Waals surface area contributed by atoms with Crippen molar-refractivity contribution in [2.45, 2.75) is 0 Å². The van der Waals surface area contributed by atoms with Crippen LogP contribution in [-0.2, 0) is 0 Å². The van der Waals surface area contributed by atoms with Crippen LogP contribution in [0.4, 0.5) is 0 Å². The fraction of sp³-hybridized carbons (Fsp3) is 0. The minimum Gasteiger partial charge on any atom is -0.456 e. The minimum absolute atomic E-state index is 0.890. The Morgan fingerprint density at radius 3 is 2.28 bits per heavy atom. The zero-order valence-electron chi connectivity index (χ0n) is 20.8. The topological polar surface area (TPSA) is 46.8 Å². The molecule has 9 aromatic rings. The number of hydrogen-bond acceptors (Lipinski definition) is 2. The largest absolute Gasteiger partial charge is 0.456 e. The van der Waals surface area contributed by atoms with Crippen LogP contribution in [0.2, 0.25) is 0 Å². The first kappa shape index (κ1) is 20.7. The van der Waals surface area contributed by atoms with Gasteiger partial charge < -0.3 is 9.40 Å². The number of H-pyrrole nitrogens is 1. The predicted octanol–water partition coefficient (Wildman–Crippen LogP) is 9.38. The van der Waals surface area contributed by atoms with Gasteiger partial charge in [0, 0.05) is 48.9 Å².